The van der Waals surface area contributed by atoms with Crippen LogP contribution >= 0.6 is 0 Å². The fourth-order valence-electron chi connectivity index (χ4n) is 2.37. The van der Waals surface area contributed by atoms with Crippen molar-refractivity contribution >= 4 is 22.9 Å². The van der Waals surface area contributed by atoms with Gasteiger partial charge in [0.1, 0.15) is 11.1 Å². The highest BCUT2D eigenvalue weighted by Gasteiger charge is 2.16. The number of ether oxygens (including phenoxy) is 1. The van der Waals surface area contributed by atoms with Gasteiger partial charge in [0.05, 0.1) is 6.33 Å². The van der Waals surface area contributed by atoms with E-state index in [1.165, 1.54) is 0 Å². The molecule has 0 saturated carbocycles. The molecule has 2 aromatic rings. The van der Waals surface area contributed by atoms with Crippen LogP contribution < -0.4 is 10.6 Å². The SMILES string of the molecule is CCCCc1nc2ccc(NC/C(=C/F)CNC(=O)OC(C)(C)C)cc2o1. The molecule has 6 nitrogen and oxygen atoms in total. The number of hydrogen-bond donors (Lipinski definition) is 2. The first-order chi connectivity index (χ1) is 12.8. The first-order valence-corrected chi connectivity index (χ1v) is 9.19. The van der Waals surface area contributed by atoms with Crippen molar-refractivity contribution in [3.8, 4) is 0 Å². The van der Waals surface area contributed by atoms with Crippen molar-refractivity contribution in [1.82, 2.24) is 10.3 Å². The van der Waals surface area contributed by atoms with E-state index < -0.39 is 11.7 Å². The average Bonchev–Trinajstić information content (AvgIpc) is 3.00. The molecule has 1 heterocycles. The van der Waals surface area contributed by atoms with E-state index in [0.29, 0.717) is 17.5 Å². The second-order valence-corrected chi connectivity index (χ2v) is 7.37. The van der Waals surface area contributed by atoms with Crippen molar-refractivity contribution in [2.24, 2.45) is 0 Å². The summed E-state index contributed by atoms with van der Waals surface area (Å²) in [6.07, 6.45) is 2.85. The van der Waals surface area contributed by atoms with Crippen LogP contribution in [0.25, 0.3) is 11.1 Å². The van der Waals surface area contributed by atoms with Crippen LogP contribution in [-0.2, 0) is 11.2 Å². The number of nitrogens with one attached hydrogen (secondary N) is 2. The molecule has 0 aliphatic rings. The van der Waals surface area contributed by atoms with Crippen molar-refractivity contribution in [3.05, 3.63) is 36.0 Å². The number of hydrogen-bond acceptors (Lipinski definition) is 5. The molecule has 2 rings (SSSR count). The van der Waals surface area contributed by atoms with E-state index >= 15 is 0 Å². The highest BCUT2D eigenvalue weighted by molar-refractivity contribution is 5.77. The molecular formula is C20H28FN3O3. The van der Waals surface area contributed by atoms with Crippen molar-refractivity contribution in [2.45, 2.75) is 52.6 Å². The summed E-state index contributed by atoms with van der Waals surface area (Å²) in [7, 11) is 0. The Hall–Kier alpha value is -2.57. The number of benzene rings is 1. The molecule has 0 fully saturated rings. The Bertz CT molecular complexity index is 793. The lowest BCUT2D eigenvalue weighted by molar-refractivity contribution is 0.0532. The maximum Gasteiger partial charge on any atom is 0.407 e. The molecule has 27 heavy (non-hydrogen) atoms. The number of carbonyl (C=O) groups excluding carboxylic acids is 1. The van der Waals surface area contributed by atoms with Gasteiger partial charge in [-0.15, -0.1) is 0 Å². The third-order valence-electron chi connectivity index (χ3n) is 3.71. The van der Waals surface area contributed by atoms with Gasteiger partial charge < -0.3 is 19.8 Å². The predicted molar refractivity (Wildman–Crippen MR) is 105 cm³/mol. The minimum atomic E-state index is -0.593. The van der Waals surface area contributed by atoms with Crippen molar-refractivity contribution in [3.63, 3.8) is 0 Å². The zero-order valence-corrected chi connectivity index (χ0v) is 16.4. The van der Waals surface area contributed by atoms with Crippen molar-refractivity contribution in [2.75, 3.05) is 18.4 Å². The molecule has 7 heteroatoms. The van der Waals surface area contributed by atoms with Crippen molar-refractivity contribution < 1.29 is 18.3 Å². The Morgan fingerprint density at radius 1 is 1.33 bits per heavy atom. The Balaban J connectivity index is 1.89. The van der Waals surface area contributed by atoms with E-state index in [1.807, 2.05) is 18.2 Å². The molecule has 1 aromatic heterocycles. The van der Waals surface area contributed by atoms with Crippen LogP contribution in [0.3, 0.4) is 0 Å². The minimum absolute atomic E-state index is 0.0597. The lowest BCUT2D eigenvalue weighted by Crippen LogP contribution is -2.34. The van der Waals surface area contributed by atoms with E-state index in [9.17, 15) is 9.18 Å². The Labute approximate surface area is 159 Å². The van der Waals surface area contributed by atoms with Gasteiger partial charge in [0.15, 0.2) is 11.5 Å². The topological polar surface area (TPSA) is 76.4 Å². The normalized spacial score (nSPS) is 12.3. The fraction of sp³-hybridized carbons (Fsp3) is 0.500. The summed E-state index contributed by atoms with van der Waals surface area (Å²) in [6.45, 7) is 7.74. The maximum atomic E-state index is 13.1. The van der Waals surface area contributed by atoms with Gasteiger partial charge >= 0.3 is 6.09 Å². The van der Waals surface area contributed by atoms with Crippen LogP contribution in [0.4, 0.5) is 14.9 Å². The fourth-order valence-corrected chi connectivity index (χ4v) is 2.37. The lowest BCUT2D eigenvalue weighted by Gasteiger charge is -2.20. The molecule has 0 saturated heterocycles. The van der Waals surface area contributed by atoms with Gasteiger partial charge in [-0.05, 0) is 44.9 Å². The molecule has 0 spiro atoms. The number of anilines is 1. The van der Waals surface area contributed by atoms with Gasteiger partial charge in [0.25, 0.3) is 0 Å². The Kier molecular flexibility index (Phi) is 7.21. The summed E-state index contributed by atoms with van der Waals surface area (Å²) in [4.78, 5) is 16.1. The van der Waals surface area contributed by atoms with Crippen molar-refractivity contribution in [1.29, 1.82) is 0 Å². The van der Waals surface area contributed by atoms with Gasteiger partial charge in [-0.25, -0.2) is 14.2 Å². The monoisotopic (exact) mass is 377 g/mol. The number of oxazole rings is 1. The second-order valence-electron chi connectivity index (χ2n) is 7.37. The molecule has 0 atom stereocenters. The number of rotatable bonds is 8. The van der Waals surface area contributed by atoms with Crippen LogP contribution in [0.5, 0.6) is 0 Å². The summed E-state index contributed by atoms with van der Waals surface area (Å²) in [5.41, 5.74) is 2.09. The van der Waals surface area contributed by atoms with Crippen LogP contribution in [0.1, 0.15) is 46.4 Å². The number of amides is 1. The van der Waals surface area contributed by atoms with Gasteiger partial charge in [0.2, 0.25) is 0 Å². The molecular weight excluding hydrogens is 349 g/mol. The lowest BCUT2D eigenvalue weighted by atomic mass is 10.2. The molecule has 2 N–H and O–H groups in total. The zero-order valence-electron chi connectivity index (χ0n) is 16.4. The number of nitrogens with zero attached hydrogens (tertiary/aromatic N) is 1. The molecule has 1 aromatic carbocycles. The summed E-state index contributed by atoms with van der Waals surface area (Å²) >= 11 is 0. The quantitative estimate of drug-likeness (QED) is 0.680. The van der Waals surface area contributed by atoms with E-state index in [1.54, 1.807) is 20.8 Å². The molecule has 1 amide bonds. The smallest absolute Gasteiger partial charge is 0.407 e. The van der Waals surface area contributed by atoms with E-state index in [2.05, 4.69) is 22.5 Å². The maximum absolute atomic E-state index is 13.1. The number of aromatic nitrogens is 1. The summed E-state index contributed by atoms with van der Waals surface area (Å²) in [5.74, 6) is 0.731. The number of unbranched alkanes of at least 4 members (excludes halogenated alkanes) is 1. The van der Waals surface area contributed by atoms with E-state index in [-0.39, 0.29) is 13.1 Å². The van der Waals surface area contributed by atoms with Crippen LogP contribution in [0.15, 0.2) is 34.5 Å². The molecule has 0 bridgehead atoms. The highest BCUT2D eigenvalue weighted by atomic mass is 19.1. The zero-order chi connectivity index (χ0) is 19.9. The van der Waals surface area contributed by atoms with Gasteiger partial charge in [-0.1, -0.05) is 13.3 Å². The Morgan fingerprint density at radius 2 is 2.11 bits per heavy atom. The highest BCUT2D eigenvalue weighted by Crippen LogP contribution is 2.21. The first kappa shape index (κ1) is 20.7. The molecule has 0 radical (unpaired) electrons. The number of fused-ring (bicyclic) bond motifs is 1. The predicted octanol–water partition coefficient (Wildman–Crippen LogP) is 4.96. The van der Waals surface area contributed by atoms with E-state index in [0.717, 1.165) is 36.4 Å². The number of aryl methyl sites for hydroxylation is 1. The minimum Gasteiger partial charge on any atom is -0.444 e. The largest absolute Gasteiger partial charge is 0.444 e. The van der Waals surface area contributed by atoms with Crippen LogP contribution in [0, 0.1) is 0 Å². The summed E-state index contributed by atoms with van der Waals surface area (Å²) in [6, 6.07) is 5.58. The molecule has 0 unspecified atom stereocenters. The molecule has 0 aliphatic heterocycles. The summed E-state index contributed by atoms with van der Waals surface area (Å²) < 4.78 is 24.0. The van der Waals surface area contributed by atoms with Crippen LogP contribution in [-0.4, -0.2) is 29.8 Å². The molecule has 148 valence electrons. The Morgan fingerprint density at radius 3 is 2.78 bits per heavy atom. The number of alkyl carbamates (subject to hydrolysis) is 1. The first-order valence-electron chi connectivity index (χ1n) is 9.19. The van der Waals surface area contributed by atoms with Gasteiger partial charge in [0, 0.05) is 31.3 Å². The summed E-state index contributed by atoms with van der Waals surface area (Å²) in [5, 5.41) is 5.67. The average molecular weight is 377 g/mol. The van der Waals surface area contributed by atoms with Gasteiger partial charge in [-0.2, -0.15) is 0 Å². The van der Waals surface area contributed by atoms with E-state index in [4.69, 9.17) is 9.15 Å². The molecule has 0 aliphatic carbocycles. The van der Waals surface area contributed by atoms with Crippen LogP contribution in [0.2, 0.25) is 0 Å². The third kappa shape index (κ3) is 6.92. The number of carbonyl (C=O) groups is 1. The number of halogens is 1. The van der Waals surface area contributed by atoms with Gasteiger partial charge in [-0.3, -0.25) is 0 Å². The standard InChI is InChI=1S/C20H28FN3O3/c1-5-6-7-18-24-16-9-8-15(10-17(16)26-18)22-12-14(11-21)13-23-19(25)27-20(2,3)4/h8-11,22H,5-7,12-13H2,1-4H3,(H,23,25)/b14-11-. The third-order valence-corrected chi connectivity index (χ3v) is 3.71. The second kappa shape index (κ2) is 9.39.